The molecule has 0 aliphatic carbocycles. The van der Waals surface area contributed by atoms with Gasteiger partial charge in [0.2, 0.25) is 5.91 Å². The number of carbonyl (C=O) groups excluding carboxylic acids is 2. The van der Waals surface area contributed by atoms with Crippen LogP contribution in [0.25, 0.3) is 0 Å². The summed E-state index contributed by atoms with van der Waals surface area (Å²) in [6.07, 6.45) is 2.28. The average Bonchev–Trinajstić information content (AvgIpc) is 2.52. The van der Waals surface area contributed by atoms with Crippen molar-refractivity contribution in [1.29, 1.82) is 0 Å². The second-order valence-corrected chi connectivity index (χ2v) is 5.51. The molecule has 1 aliphatic heterocycles. The number of likely N-dealkylation sites (tertiary alicyclic amines) is 1. The van der Waals surface area contributed by atoms with Crippen LogP contribution in [-0.2, 0) is 9.53 Å². The predicted molar refractivity (Wildman–Crippen MR) is 81.2 cm³/mol. The third-order valence-electron chi connectivity index (χ3n) is 3.76. The normalized spacial score (nSPS) is 18.2. The minimum Gasteiger partial charge on any atom is -0.465 e. The molecule has 1 atom stereocenters. The lowest BCUT2D eigenvalue weighted by Gasteiger charge is -2.31. The molecule has 1 saturated heterocycles. The van der Waals surface area contributed by atoms with Crippen molar-refractivity contribution in [3.63, 3.8) is 0 Å². The van der Waals surface area contributed by atoms with Gasteiger partial charge < -0.3 is 15.0 Å². The van der Waals surface area contributed by atoms with E-state index in [4.69, 9.17) is 0 Å². The summed E-state index contributed by atoms with van der Waals surface area (Å²) >= 11 is 0. The molecule has 114 valence electrons. The Morgan fingerprint density at radius 3 is 2.67 bits per heavy atom. The first-order valence-electron chi connectivity index (χ1n) is 7.30. The molecule has 0 spiro atoms. The van der Waals surface area contributed by atoms with Crippen LogP contribution in [0.15, 0.2) is 24.3 Å². The molecule has 0 bridgehead atoms. The van der Waals surface area contributed by atoms with Gasteiger partial charge in [-0.1, -0.05) is 6.92 Å². The Balaban J connectivity index is 1.85. The molecule has 2 rings (SSSR count). The summed E-state index contributed by atoms with van der Waals surface area (Å²) in [6.45, 7) is 4.16. The summed E-state index contributed by atoms with van der Waals surface area (Å²) in [5.74, 6) is 0.348. The van der Waals surface area contributed by atoms with Crippen LogP contribution in [0.4, 0.5) is 5.69 Å². The first kappa shape index (κ1) is 15.4. The van der Waals surface area contributed by atoms with Crippen molar-refractivity contribution in [3.05, 3.63) is 29.8 Å². The molecule has 1 fully saturated rings. The van der Waals surface area contributed by atoms with Crippen molar-refractivity contribution in [3.8, 4) is 0 Å². The van der Waals surface area contributed by atoms with Gasteiger partial charge in [0.1, 0.15) is 0 Å². The van der Waals surface area contributed by atoms with Crippen molar-refractivity contribution in [2.75, 3.05) is 32.1 Å². The standard InChI is InChI=1S/C16H22N2O3/c1-12-4-3-9-18(11-12)15(19)10-17-14-7-5-13(6-8-14)16(20)21-2/h5-8,12,17H,3-4,9-11H2,1-2H3. The minimum absolute atomic E-state index is 0.124. The molecule has 0 aromatic heterocycles. The van der Waals surface area contributed by atoms with Crippen molar-refractivity contribution < 1.29 is 14.3 Å². The molecule has 1 aromatic rings. The maximum absolute atomic E-state index is 12.1. The van der Waals surface area contributed by atoms with Crippen molar-refractivity contribution >= 4 is 17.6 Å². The zero-order chi connectivity index (χ0) is 15.2. The SMILES string of the molecule is COC(=O)c1ccc(NCC(=O)N2CCCC(C)C2)cc1. The molecule has 1 unspecified atom stereocenters. The van der Waals surface area contributed by atoms with Gasteiger partial charge in [-0.25, -0.2) is 4.79 Å². The largest absolute Gasteiger partial charge is 0.465 e. The van der Waals surface area contributed by atoms with Gasteiger partial charge >= 0.3 is 5.97 Å². The number of piperidine rings is 1. The fourth-order valence-corrected chi connectivity index (χ4v) is 2.55. The number of rotatable bonds is 4. The number of carbonyl (C=O) groups is 2. The van der Waals surface area contributed by atoms with Crippen molar-refractivity contribution in [2.45, 2.75) is 19.8 Å². The highest BCUT2D eigenvalue weighted by atomic mass is 16.5. The molecule has 0 saturated carbocycles. The van der Waals surface area contributed by atoms with E-state index in [1.807, 2.05) is 4.90 Å². The Morgan fingerprint density at radius 1 is 1.33 bits per heavy atom. The van der Waals surface area contributed by atoms with Crippen LogP contribution in [0.5, 0.6) is 0 Å². The number of ether oxygens (including phenoxy) is 1. The zero-order valence-corrected chi connectivity index (χ0v) is 12.6. The second-order valence-electron chi connectivity index (χ2n) is 5.51. The molecular weight excluding hydrogens is 268 g/mol. The van der Waals surface area contributed by atoms with E-state index in [0.29, 0.717) is 11.5 Å². The first-order valence-corrected chi connectivity index (χ1v) is 7.30. The minimum atomic E-state index is -0.361. The van der Waals surface area contributed by atoms with Crippen LogP contribution in [-0.4, -0.2) is 43.5 Å². The Morgan fingerprint density at radius 2 is 2.05 bits per heavy atom. The Hall–Kier alpha value is -2.04. The van der Waals surface area contributed by atoms with E-state index in [1.54, 1.807) is 24.3 Å². The lowest BCUT2D eigenvalue weighted by Crippen LogP contribution is -2.41. The van der Waals surface area contributed by atoms with Gasteiger partial charge in [-0.2, -0.15) is 0 Å². The topological polar surface area (TPSA) is 58.6 Å². The van der Waals surface area contributed by atoms with Gasteiger partial charge in [0, 0.05) is 18.8 Å². The molecule has 1 aromatic carbocycles. The Bertz CT molecular complexity index is 499. The number of hydrogen-bond donors (Lipinski definition) is 1. The van der Waals surface area contributed by atoms with E-state index < -0.39 is 0 Å². The maximum atomic E-state index is 12.1. The third kappa shape index (κ3) is 4.21. The second kappa shape index (κ2) is 7.11. The number of nitrogens with zero attached hydrogens (tertiary/aromatic N) is 1. The molecule has 5 heteroatoms. The van der Waals surface area contributed by atoms with Crippen molar-refractivity contribution in [2.24, 2.45) is 5.92 Å². The molecule has 21 heavy (non-hydrogen) atoms. The Labute approximate surface area is 125 Å². The van der Waals surface area contributed by atoms with E-state index in [9.17, 15) is 9.59 Å². The number of nitrogens with one attached hydrogen (secondary N) is 1. The smallest absolute Gasteiger partial charge is 0.337 e. The Kier molecular flexibility index (Phi) is 5.20. The molecule has 5 nitrogen and oxygen atoms in total. The van der Waals surface area contributed by atoms with E-state index in [0.717, 1.165) is 25.2 Å². The van der Waals surface area contributed by atoms with Crippen LogP contribution in [0, 0.1) is 5.92 Å². The number of esters is 1. The van der Waals surface area contributed by atoms with Crippen molar-refractivity contribution in [1.82, 2.24) is 4.90 Å². The summed E-state index contributed by atoms with van der Waals surface area (Å²) in [7, 11) is 1.35. The lowest BCUT2D eigenvalue weighted by molar-refractivity contribution is -0.130. The third-order valence-corrected chi connectivity index (χ3v) is 3.76. The number of hydrogen-bond acceptors (Lipinski definition) is 4. The van der Waals surface area contributed by atoms with E-state index in [1.165, 1.54) is 13.5 Å². The molecule has 1 N–H and O–H groups in total. The van der Waals surface area contributed by atoms with E-state index in [-0.39, 0.29) is 18.4 Å². The zero-order valence-electron chi connectivity index (χ0n) is 12.6. The van der Waals surface area contributed by atoms with E-state index >= 15 is 0 Å². The van der Waals surface area contributed by atoms with Gasteiger partial charge in [0.05, 0.1) is 19.2 Å². The molecule has 0 radical (unpaired) electrons. The van der Waals surface area contributed by atoms with Crippen LogP contribution in [0.1, 0.15) is 30.1 Å². The van der Waals surface area contributed by atoms with Crippen LogP contribution < -0.4 is 5.32 Å². The highest BCUT2D eigenvalue weighted by molar-refractivity contribution is 5.89. The lowest BCUT2D eigenvalue weighted by atomic mass is 10.0. The maximum Gasteiger partial charge on any atom is 0.337 e. The number of methoxy groups -OCH3 is 1. The van der Waals surface area contributed by atoms with Gasteiger partial charge in [0.15, 0.2) is 0 Å². The quantitative estimate of drug-likeness (QED) is 0.863. The van der Waals surface area contributed by atoms with Gasteiger partial charge in [-0.3, -0.25) is 4.79 Å². The van der Waals surface area contributed by atoms with Gasteiger partial charge in [0.25, 0.3) is 0 Å². The first-order chi connectivity index (χ1) is 10.1. The predicted octanol–water partition coefficient (Wildman–Crippen LogP) is 2.14. The molecule has 1 aliphatic rings. The number of benzene rings is 1. The van der Waals surface area contributed by atoms with Crippen LogP contribution >= 0.6 is 0 Å². The fraction of sp³-hybridized carbons (Fsp3) is 0.500. The van der Waals surface area contributed by atoms with Gasteiger partial charge in [-0.15, -0.1) is 0 Å². The summed E-state index contributed by atoms with van der Waals surface area (Å²) in [5.41, 5.74) is 1.32. The average molecular weight is 290 g/mol. The summed E-state index contributed by atoms with van der Waals surface area (Å²) in [4.78, 5) is 25.4. The molecule has 1 heterocycles. The summed E-state index contributed by atoms with van der Waals surface area (Å²) < 4.78 is 4.64. The highest BCUT2D eigenvalue weighted by Gasteiger charge is 2.20. The monoisotopic (exact) mass is 290 g/mol. The van der Waals surface area contributed by atoms with E-state index in [2.05, 4.69) is 17.0 Å². The fourth-order valence-electron chi connectivity index (χ4n) is 2.55. The molecule has 1 amide bonds. The number of anilines is 1. The summed E-state index contributed by atoms with van der Waals surface area (Å²) in [5, 5.41) is 3.10. The molecular formula is C16H22N2O3. The van der Waals surface area contributed by atoms with Crippen LogP contribution in [0.3, 0.4) is 0 Å². The van der Waals surface area contributed by atoms with Gasteiger partial charge in [-0.05, 0) is 43.0 Å². The summed E-state index contributed by atoms with van der Waals surface area (Å²) in [6, 6.07) is 6.92. The van der Waals surface area contributed by atoms with Crippen LogP contribution in [0.2, 0.25) is 0 Å². The highest BCUT2D eigenvalue weighted by Crippen LogP contribution is 2.16. The number of amides is 1.